The van der Waals surface area contributed by atoms with Crippen molar-refractivity contribution in [2.24, 2.45) is 0 Å². The molecule has 27 heavy (non-hydrogen) atoms. The summed E-state index contributed by atoms with van der Waals surface area (Å²) in [5.74, 6) is -1.15. The van der Waals surface area contributed by atoms with E-state index in [1.165, 1.54) is 18.2 Å². The zero-order valence-electron chi connectivity index (χ0n) is 13.8. The van der Waals surface area contributed by atoms with E-state index >= 15 is 0 Å². The molecule has 0 saturated carbocycles. The first-order valence-corrected chi connectivity index (χ1v) is 7.93. The molecule has 0 N–H and O–H groups in total. The fraction of sp³-hybridized carbons (Fsp3) is 0.158. The van der Waals surface area contributed by atoms with Crippen molar-refractivity contribution >= 4 is 18.1 Å². The highest BCUT2D eigenvalue weighted by atomic mass is 19.4. The number of benzene rings is 2. The Morgan fingerprint density at radius 1 is 1.11 bits per heavy atom. The van der Waals surface area contributed by atoms with Gasteiger partial charge in [0.25, 0.3) is 5.91 Å². The Kier molecular flexibility index (Phi) is 5.16. The van der Waals surface area contributed by atoms with Crippen LogP contribution in [0, 0.1) is 0 Å². The number of para-hydroxylation sites is 1. The van der Waals surface area contributed by atoms with Crippen molar-refractivity contribution in [2.45, 2.75) is 12.4 Å². The number of nitrogens with zero attached hydrogens (tertiary/aromatic N) is 1. The van der Waals surface area contributed by atoms with E-state index in [-0.39, 0.29) is 12.2 Å². The Labute approximate surface area is 152 Å². The number of carbonyl (C=O) groups excluding carboxylic acids is 2. The van der Waals surface area contributed by atoms with Crippen LogP contribution in [0.15, 0.2) is 60.7 Å². The molecule has 0 aliphatic carbocycles. The maximum absolute atomic E-state index is 12.5. The van der Waals surface area contributed by atoms with E-state index < -0.39 is 30.2 Å². The van der Waals surface area contributed by atoms with Gasteiger partial charge >= 0.3 is 12.5 Å². The number of ether oxygens (including phenoxy) is 2. The second kappa shape index (κ2) is 7.53. The lowest BCUT2D eigenvalue weighted by molar-refractivity contribution is -0.274. The maximum atomic E-state index is 12.5. The molecule has 1 saturated heterocycles. The summed E-state index contributed by atoms with van der Waals surface area (Å²) in [7, 11) is 0. The number of imide groups is 1. The van der Waals surface area contributed by atoms with Crippen LogP contribution in [0.1, 0.15) is 17.2 Å². The minimum Gasteiger partial charge on any atom is -0.446 e. The Balaban J connectivity index is 1.81. The van der Waals surface area contributed by atoms with Crippen LogP contribution in [-0.2, 0) is 9.53 Å². The number of amides is 2. The van der Waals surface area contributed by atoms with Crippen LogP contribution < -0.4 is 4.74 Å². The van der Waals surface area contributed by atoms with Crippen LogP contribution in [-0.4, -0.2) is 29.9 Å². The van der Waals surface area contributed by atoms with Crippen LogP contribution in [0.3, 0.4) is 0 Å². The van der Waals surface area contributed by atoms with Gasteiger partial charge in [0.1, 0.15) is 18.4 Å². The highest BCUT2D eigenvalue weighted by Crippen LogP contribution is 2.29. The van der Waals surface area contributed by atoms with E-state index in [1.807, 2.05) is 0 Å². The Hall–Kier alpha value is -3.29. The van der Waals surface area contributed by atoms with Gasteiger partial charge in [0.2, 0.25) is 0 Å². The monoisotopic (exact) mass is 377 g/mol. The van der Waals surface area contributed by atoms with E-state index in [1.54, 1.807) is 30.3 Å². The summed E-state index contributed by atoms with van der Waals surface area (Å²) < 4.78 is 46.3. The van der Waals surface area contributed by atoms with Crippen LogP contribution >= 0.6 is 0 Å². The molecule has 5 nitrogen and oxygen atoms in total. The van der Waals surface area contributed by atoms with E-state index in [9.17, 15) is 22.8 Å². The highest BCUT2D eigenvalue weighted by molar-refractivity contribution is 6.02. The van der Waals surface area contributed by atoms with Crippen molar-refractivity contribution in [1.29, 1.82) is 0 Å². The molecular weight excluding hydrogens is 363 g/mol. The van der Waals surface area contributed by atoms with Gasteiger partial charge in [-0.2, -0.15) is 0 Å². The smallest absolute Gasteiger partial charge is 0.446 e. The summed E-state index contributed by atoms with van der Waals surface area (Å²) in [6.07, 6.45) is -3.48. The van der Waals surface area contributed by atoms with E-state index in [4.69, 9.17) is 4.74 Å². The fourth-order valence-corrected chi connectivity index (χ4v) is 2.66. The Morgan fingerprint density at radius 2 is 1.78 bits per heavy atom. The first-order valence-electron chi connectivity index (χ1n) is 7.93. The summed E-state index contributed by atoms with van der Waals surface area (Å²) in [6.45, 7) is 0.0101. The largest absolute Gasteiger partial charge is 0.573 e. The minimum absolute atomic E-state index is 0.0101. The molecule has 0 spiro atoms. The van der Waals surface area contributed by atoms with Crippen molar-refractivity contribution in [3.63, 3.8) is 0 Å². The molecule has 1 unspecified atom stereocenters. The molecule has 0 bridgehead atoms. The first kappa shape index (κ1) is 18.5. The molecule has 2 aromatic carbocycles. The molecule has 0 radical (unpaired) electrons. The molecule has 1 atom stereocenters. The zero-order valence-corrected chi connectivity index (χ0v) is 13.8. The fourth-order valence-electron chi connectivity index (χ4n) is 2.66. The first-order chi connectivity index (χ1) is 12.8. The molecule has 1 aliphatic heterocycles. The number of cyclic esters (lactones) is 1. The van der Waals surface area contributed by atoms with Crippen molar-refractivity contribution < 1.29 is 32.2 Å². The van der Waals surface area contributed by atoms with Gasteiger partial charge in [0.15, 0.2) is 0 Å². The molecule has 2 aromatic rings. The molecule has 1 heterocycles. The summed E-state index contributed by atoms with van der Waals surface area (Å²) in [5, 5.41) is 0. The van der Waals surface area contributed by atoms with Gasteiger partial charge in [0, 0.05) is 11.6 Å². The topological polar surface area (TPSA) is 55.8 Å². The van der Waals surface area contributed by atoms with E-state index in [0.717, 1.165) is 23.1 Å². The van der Waals surface area contributed by atoms with Gasteiger partial charge in [-0.3, -0.25) is 4.79 Å². The van der Waals surface area contributed by atoms with Crippen LogP contribution in [0.25, 0.3) is 6.08 Å². The summed E-state index contributed by atoms with van der Waals surface area (Å²) >= 11 is 0. The van der Waals surface area contributed by atoms with Crippen LogP contribution in [0.2, 0.25) is 0 Å². The molecule has 0 aromatic heterocycles. The number of halogens is 3. The van der Waals surface area contributed by atoms with Gasteiger partial charge in [-0.15, -0.1) is 13.2 Å². The quantitative estimate of drug-likeness (QED) is 0.745. The summed E-state index contributed by atoms with van der Waals surface area (Å²) in [4.78, 5) is 25.4. The van der Waals surface area contributed by atoms with Gasteiger partial charge < -0.3 is 9.47 Å². The average Bonchev–Trinajstić information content (AvgIpc) is 3.02. The average molecular weight is 377 g/mol. The third-order valence-corrected chi connectivity index (χ3v) is 3.84. The van der Waals surface area contributed by atoms with Gasteiger partial charge in [-0.1, -0.05) is 48.5 Å². The molecule has 3 rings (SSSR count). The van der Waals surface area contributed by atoms with Crippen molar-refractivity contribution in [3.05, 3.63) is 71.8 Å². The van der Waals surface area contributed by atoms with E-state index in [0.29, 0.717) is 5.56 Å². The number of alkyl halides is 3. The summed E-state index contributed by atoms with van der Waals surface area (Å²) in [5.41, 5.74) is 0.762. The molecular formula is C19H14F3NO4. The SMILES string of the molecule is O=C(/C=C/c1ccccc1OC(F)(F)F)N1C(=O)OCC1c1ccccc1. The van der Waals surface area contributed by atoms with Crippen LogP contribution in [0.4, 0.5) is 18.0 Å². The Bertz CT molecular complexity index is 865. The lowest BCUT2D eigenvalue weighted by Gasteiger charge is -2.18. The van der Waals surface area contributed by atoms with Crippen molar-refractivity contribution in [3.8, 4) is 5.75 Å². The van der Waals surface area contributed by atoms with Crippen molar-refractivity contribution in [1.82, 2.24) is 4.90 Å². The number of carbonyl (C=O) groups is 2. The summed E-state index contributed by atoms with van der Waals surface area (Å²) in [6, 6.07) is 13.6. The third-order valence-electron chi connectivity index (χ3n) is 3.84. The number of hydrogen-bond donors (Lipinski definition) is 0. The lowest BCUT2D eigenvalue weighted by atomic mass is 10.1. The normalized spacial score (nSPS) is 17.2. The molecule has 140 valence electrons. The predicted molar refractivity (Wildman–Crippen MR) is 89.5 cm³/mol. The standard InChI is InChI=1S/C19H14F3NO4/c20-19(21,22)27-16-9-5-4-8-14(16)10-11-17(24)23-15(12-26-18(23)25)13-6-2-1-3-7-13/h1-11,15H,12H2/b11-10+. The van der Waals surface area contributed by atoms with E-state index in [2.05, 4.69) is 4.74 Å². The Morgan fingerprint density at radius 3 is 2.48 bits per heavy atom. The molecule has 2 amide bonds. The van der Waals surface area contributed by atoms with Crippen LogP contribution in [0.5, 0.6) is 5.75 Å². The lowest BCUT2D eigenvalue weighted by Crippen LogP contribution is -2.32. The minimum atomic E-state index is -4.86. The third kappa shape index (κ3) is 4.46. The van der Waals surface area contributed by atoms with Gasteiger partial charge in [-0.25, -0.2) is 9.69 Å². The van der Waals surface area contributed by atoms with Crippen molar-refractivity contribution in [2.75, 3.05) is 6.61 Å². The second-order valence-electron chi connectivity index (χ2n) is 5.63. The van der Waals surface area contributed by atoms with Gasteiger partial charge in [0.05, 0.1) is 0 Å². The highest BCUT2D eigenvalue weighted by Gasteiger charge is 2.38. The molecule has 1 aliphatic rings. The number of hydrogen-bond acceptors (Lipinski definition) is 4. The molecule has 8 heteroatoms. The zero-order chi connectivity index (χ0) is 19.4. The predicted octanol–water partition coefficient (Wildman–Crippen LogP) is 4.32. The second-order valence-corrected chi connectivity index (χ2v) is 5.63. The molecule has 1 fully saturated rings. The van der Waals surface area contributed by atoms with Gasteiger partial charge in [-0.05, 0) is 17.7 Å². The number of rotatable bonds is 4. The maximum Gasteiger partial charge on any atom is 0.573 e.